The van der Waals surface area contributed by atoms with E-state index in [0.29, 0.717) is 44.0 Å². The molecule has 0 atom stereocenters. The zero-order valence-electron chi connectivity index (χ0n) is 21.5. The molecule has 196 valence electrons. The lowest BCUT2D eigenvalue weighted by Gasteiger charge is -2.44. The predicted octanol–water partition coefficient (Wildman–Crippen LogP) is 3.88. The number of hydrogen-bond acceptors (Lipinski definition) is 5. The third-order valence-corrected chi connectivity index (χ3v) is 8.15. The highest BCUT2D eigenvalue weighted by molar-refractivity contribution is 5.99. The fourth-order valence-electron chi connectivity index (χ4n) is 6.08. The smallest absolute Gasteiger partial charge is 0.250 e. The van der Waals surface area contributed by atoms with Crippen LogP contribution in [-0.2, 0) is 14.4 Å². The summed E-state index contributed by atoms with van der Waals surface area (Å²) in [6.45, 7) is 1.45. The number of benzene rings is 2. The van der Waals surface area contributed by atoms with Crippen LogP contribution < -0.4 is 15.0 Å². The second-order valence-electron chi connectivity index (χ2n) is 10.4. The van der Waals surface area contributed by atoms with E-state index in [9.17, 15) is 14.4 Å². The van der Waals surface area contributed by atoms with E-state index in [1.165, 1.54) is 6.42 Å². The van der Waals surface area contributed by atoms with Crippen molar-refractivity contribution >= 4 is 29.1 Å². The Morgan fingerprint density at radius 1 is 0.973 bits per heavy atom. The average molecular weight is 505 g/mol. The molecule has 2 aliphatic heterocycles. The Morgan fingerprint density at radius 3 is 2.30 bits per heavy atom. The average Bonchev–Trinajstić information content (AvgIpc) is 3.20. The van der Waals surface area contributed by atoms with E-state index < -0.39 is 5.54 Å². The normalized spacial score (nSPS) is 19.8. The Morgan fingerprint density at radius 2 is 1.65 bits per heavy atom. The van der Waals surface area contributed by atoms with Gasteiger partial charge >= 0.3 is 0 Å². The van der Waals surface area contributed by atoms with Crippen molar-refractivity contribution in [3.63, 3.8) is 0 Å². The number of nitrogens with zero attached hydrogens (tertiary/aromatic N) is 3. The first-order valence-corrected chi connectivity index (χ1v) is 13.3. The molecule has 3 amide bonds. The molecule has 5 rings (SSSR count). The van der Waals surface area contributed by atoms with Crippen LogP contribution in [0.15, 0.2) is 54.6 Å². The van der Waals surface area contributed by atoms with Crippen molar-refractivity contribution in [1.82, 2.24) is 9.80 Å². The van der Waals surface area contributed by atoms with E-state index >= 15 is 0 Å². The minimum absolute atomic E-state index is 0.0271. The minimum Gasteiger partial charge on any atom is -0.497 e. The molecule has 0 radical (unpaired) electrons. The van der Waals surface area contributed by atoms with Crippen molar-refractivity contribution in [1.29, 1.82) is 0 Å². The number of methoxy groups -OCH3 is 1. The third-order valence-electron chi connectivity index (χ3n) is 8.15. The van der Waals surface area contributed by atoms with Crippen molar-refractivity contribution in [3.8, 4) is 5.75 Å². The minimum atomic E-state index is -0.745. The SMILES string of the molecule is COc1ccc(NC(=O)CN2CN(c3ccccc3)C3(CCN(C(=O)C4CCCCC4)CC3)C2=O)cc1. The predicted molar refractivity (Wildman–Crippen MR) is 142 cm³/mol. The number of anilines is 2. The van der Waals surface area contributed by atoms with Gasteiger partial charge in [0.2, 0.25) is 11.8 Å². The summed E-state index contributed by atoms with van der Waals surface area (Å²) < 4.78 is 5.17. The topological polar surface area (TPSA) is 82.2 Å². The molecule has 8 heteroatoms. The van der Waals surface area contributed by atoms with Gasteiger partial charge in [0.15, 0.2) is 0 Å². The standard InChI is InChI=1S/C29H36N4O4/c1-37-25-14-12-23(13-15-25)30-26(34)20-32-21-33(24-10-6-3-7-11-24)29(28(32)36)16-18-31(19-17-29)27(35)22-8-4-2-5-9-22/h3,6-7,10-15,22H,2,4-5,8-9,16-21H2,1H3,(H,30,34). The molecule has 1 aliphatic carbocycles. The number of nitrogens with one attached hydrogen (secondary N) is 1. The summed E-state index contributed by atoms with van der Waals surface area (Å²) in [7, 11) is 1.59. The first-order chi connectivity index (χ1) is 18.0. The molecule has 2 heterocycles. The number of carbonyl (C=O) groups is 3. The zero-order valence-corrected chi connectivity index (χ0v) is 21.5. The summed E-state index contributed by atoms with van der Waals surface area (Å²) in [5.41, 5.74) is 0.869. The van der Waals surface area contributed by atoms with Crippen LogP contribution in [0.3, 0.4) is 0 Å². The number of piperidine rings is 1. The van der Waals surface area contributed by atoms with Crippen LogP contribution >= 0.6 is 0 Å². The van der Waals surface area contributed by atoms with Crippen molar-refractivity contribution in [3.05, 3.63) is 54.6 Å². The van der Waals surface area contributed by atoms with Crippen LogP contribution in [0.25, 0.3) is 0 Å². The van der Waals surface area contributed by atoms with Gasteiger partial charge in [-0.2, -0.15) is 0 Å². The van der Waals surface area contributed by atoms with Crippen LogP contribution in [0.2, 0.25) is 0 Å². The van der Waals surface area contributed by atoms with E-state index in [1.807, 2.05) is 35.2 Å². The van der Waals surface area contributed by atoms with Gasteiger partial charge in [-0.3, -0.25) is 14.4 Å². The molecule has 2 saturated heterocycles. The summed E-state index contributed by atoms with van der Waals surface area (Å²) >= 11 is 0. The summed E-state index contributed by atoms with van der Waals surface area (Å²) in [5.74, 6) is 0.813. The van der Waals surface area contributed by atoms with E-state index in [2.05, 4.69) is 10.2 Å². The first kappa shape index (κ1) is 25.1. The van der Waals surface area contributed by atoms with E-state index in [0.717, 1.165) is 31.4 Å². The fourth-order valence-corrected chi connectivity index (χ4v) is 6.08. The lowest BCUT2D eigenvalue weighted by molar-refractivity contribution is -0.142. The summed E-state index contributed by atoms with van der Waals surface area (Å²) in [6, 6.07) is 17.0. The quantitative estimate of drug-likeness (QED) is 0.646. The van der Waals surface area contributed by atoms with Gasteiger partial charge in [0.05, 0.1) is 13.8 Å². The van der Waals surface area contributed by atoms with Gasteiger partial charge in [-0.05, 0) is 62.1 Å². The molecule has 0 unspecified atom stereocenters. The molecule has 0 bridgehead atoms. The Labute approximate surface area is 218 Å². The molecule has 1 spiro atoms. The van der Waals surface area contributed by atoms with E-state index in [-0.39, 0.29) is 30.2 Å². The molecule has 2 aromatic carbocycles. The van der Waals surface area contributed by atoms with Crippen molar-refractivity contribution in [2.24, 2.45) is 5.92 Å². The van der Waals surface area contributed by atoms with Gasteiger partial charge in [-0.1, -0.05) is 37.5 Å². The Balaban J connectivity index is 1.29. The second kappa shape index (κ2) is 10.8. The van der Waals surface area contributed by atoms with Gasteiger partial charge in [0, 0.05) is 30.4 Å². The molecule has 8 nitrogen and oxygen atoms in total. The van der Waals surface area contributed by atoms with Crippen LogP contribution in [0.4, 0.5) is 11.4 Å². The van der Waals surface area contributed by atoms with Gasteiger partial charge in [0.1, 0.15) is 17.8 Å². The maximum Gasteiger partial charge on any atom is 0.250 e. The third kappa shape index (κ3) is 5.15. The number of hydrogen-bond donors (Lipinski definition) is 1. The van der Waals surface area contributed by atoms with E-state index in [4.69, 9.17) is 4.74 Å². The number of amides is 3. The van der Waals surface area contributed by atoms with Crippen LogP contribution in [0, 0.1) is 5.92 Å². The second-order valence-corrected chi connectivity index (χ2v) is 10.4. The van der Waals surface area contributed by atoms with Crippen LogP contribution in [-0.4, -0.2) is 66.5 Å². The molecular weight excluding hydrogens is 468 g/mol. The molecule has 37 heavy (non-hydrogen) atoms. The van der Waals surface area contributed by atoms with E-state index in [1.54, 1.807) is 36.3 Å². The maximum absolute atomic E-state index is 13.9. The van der Waals surface area contributed by atoms with Gasteiger partial charge in [0.25, 0.3) is 5.91 Å². The van der Waals surface area contributed by atoms with Gasteiger partial charge in [-0.15, -0.1) is 0 Å². The Hall–Kier alpha value is -3.55. The summed E-state index contributed by atoms with van der Waals surface area (Å²) in [6.07, 6.45) is 6.56. The first-order valence-electron chi connectivity index (χ1n) is 13.3. The lowest BCUT2D eigenvalue weighted by atomic mass is 9.83. The van der Waals surface area contributed by atoms with Crippen LogP contribution in [0.1, 0.15) is 44.9 Å². The number of likely N-dealkylation sites (tertiary alicyclic amines) is 1. The highest BCUT2D eigenvalue weighted by Crippen LogP contribution is 2.40. The highest BCUT2D eigenvalue weighted by atomic mass is 16.5. The van der Waals surface area contributed by atoms with Crippen molar-refractivity contribution < 1.29 is 19.1 Å². The molecule has 3 fully saturated rings. The van der Waals surface area contributed by atoms with Crippen molar-refractivity contribution in [2.45, 2.75) is 50.5 Å². The fraction of sp³-hybridized carbons (Fsp3) is 0.483. The zero-order chi connectivity index (χ0) is 25.8. The molecule has 1 N–H and O–H groups in total. The maximum atomic E-state index is 13.9. The summed E-state index contributed by atoms with van der Waals surface area (Å²) in [4.78, 5) is 45.7. The monoisotopic (exact) mass is 504 g/mol. The Bertz CT molecular complexity index is 1110. The molecule has 0 aromatic heterocycles. The number of carbonyl (C=O) groups excluding carboxylic acids is 3. The Kier molecular flexibility index (Phi) is 7.35. The molecule has 3 aliphatic rings. The van der Waals surface area contributed by atoms with Crippen LogP contribution in [0.5, 0.6) is 5.75 Å². The number of para-hydroxylation sites is 1. The van der Waals surface area contributed by atoms with Crippen molar-refractivity contribution in [2.75, 3.05) is 43.6 Å². The van der Waals surface area contributed by atoms with Gasteiger partial charge in [-0.25, -0.2) is 0 Å². The highest BCUT2D eigenvalue weighted by Gasteiger charge is 2.54. The van der Waals surface area contributed by atoms with Gasteiger partial charge < -0.3 is 24.8 Å². The molecule has 1 saturated carbocycles. The largest absolute Gasteiger partial charge is 0.497 e. The number of ether oxygens (including phenoxy) is 1. The molecular formula is C29H36N4O4. The lowest BCUT2D eigenvalue weighted by Crippen LogP contribution is -2.58. The summed E-state index contributed by atoms with van der Waals surface area (Å²) in [5, 5.41) is 2.89. The molecule has 2 aromatic rings. The number of rotatable bonds is 6.